The highest BCUT2D eigenvalue weighted by Crippen LogP contribution is 2.25. The normalized spacial score (nSPS) is 20.9. The fraction of sp³-hybridized carbons (Fsp3) is 0.524. The molecule has 4 heteroatoms. The van der Waals surface area contributed by atoms with Gasteiger partial charge in [-0.05, 0) is 56.9 Å². The first-order valence-electron chi connectivity index (χ1n) is 9.31. The summed E-state index contributed by atoms with van der Waals surface area (Å²) in [7, 11) is 0. The number of likely N-dealkylation sites (tertiary alicyclic amines) is 1. The SMILES string of the molecule is CSc1ccc(C(=O)[C@H]2CCCN(C(=O)CC3=CCCCC3)C2)cc1. The first kappa shape index (κ1) is 18.2. The number of nitrogens with zero attached hydrogens (tertiary/aromatic N) is 1. The Balaban J connectivity index is 1.60. The van der Waals surface area contributed by atoms with E-state index in [0.717, 1.165) is 42.7 Å². The van der Waals surface area contributed by atoms with Crippen molar-refractivity contribution in [1.29, 1.82) is 0 Å². The molecule has 1 saturated heterocycles. The van der Waals surface area contributed by atoms with E-state index in [9.17, 15) is 9.59 Å². The summed E-state index contributed by atoms with van der Waals surface area (Å²) in [5.74, 6) is 0.323. The molecule has 1 aromatic rings. The minimum Gasteiger partial charge on any atom is -0.342 e. The molecule has 1 heterocycles. The van der Waals surface area contributed by atoms with Gasteiger partial charge in [-0.25, -0.2) is 0 Å². The van der Waals surface area contributed by atoms with Gasteiger partial charge in [-0.3, -0.25) is 9.59 Å². The predicted molar refractivity (Wildman–Crippen MR) is 103 cm³/mol. The molecule has 25 heavy (non-hydrogen) atoms. The lowest BCUT2D eigenvalue weighted by atomic mass is 9.89. The van der Waals surface area contributed by atoms with Gasteiger partial charge >= 0.3 is 0 Å². The summed E-state index contributed by atoms with van der Waals surface area (Å²) >= 11 is 1.68. The first-order valence-corrected chi connectivity index (χ1v) is 10.5. The Labute approximate surface area is 154 Å². The van der Waals surface area contributed by atoms with Gasteiger partial charge in [0.25, 0.3) is 0 Å². The molecule has 0 spiro atoms. The number of carbonyl (C=O) groups excluding carboxylic acids is 2. The van der Waals surface area contributed by atoms with Crippen LogP contribution in [0.4, 0.5) is 0 Å². The molecule has 0 radical (unpaired) electrons. The minimum atomic E-state index is -0.0573. The largest absolute Gasteiger partial charge is 0.342 e. The van der Waals surface area contributed by atoms with Gasteiger partial charge < -0.3 is 4.90 Å². The summed E-state index contributed by atoms with van der Waals surface area (Å²) in [6, 6.07) is 7.84. The van der Waals surface area contributed by atoms with E-state index >= 15 is 0 Å². The molecule has 3 rings (SSSR count). The number of hydrogen-bond acceptors (Lipinski definition) is 3. The molecule has 1 aromatic carbocycles. The molecule has 1 fully saturated rings. The monoisotopic (exact) mass is 357 g/mol. The van der Waals surface area contributed by atoms with Crippen molar-refractivity contribution < 1.29 is 9.59 Å². The quantitative estimate of drug-likeness (QED) is 0.435. The second-order valence-electron chi connectivity index (χ2n) is 7.06. The van der Waals surface area contributed by atoms with Crippen LogP contribution in [0.1, 0.15) is 55.3 Å². The maximum atomic E-state index is 12.8. The van der Waals surface area contributed by atoms with Gasteiger partial charge in [0.1, 0.15) is 0 Å². The number of allylic oxidation sites excluding steroid dienone is 1. The molecule has 1 atom stereocenters. The molecule has 1 aliphatic carbocycles. The second kappa shape index (κ2) is 8.70. The first-order chi connectivity index (χ1) is 12.2. The second-order valence-corrected chi connectivity index (χ2v) is 7.94. The highest BCUT2D eigenvalue weighted by atomic mass is 32.2. The number of rotatable bonds is 5. The number of carbonyl (C=O) groups is 2. The standard InChI is InChI=1S/C21H27NO2S/c1-25-19-11-9-17(10-12-19)21(24)18-8-5-13-22(15-18)20(23)14-16-6-3-2-4-7-16/h6,9-12,18H,2-5,7-8,13-15H2,1H3/t18-/m0/s1. The Morgan fingerprint density at radius 2 is 1.96 bits per heavy atom. The fourth-order valence-electron chi connectivity index (χ4n) is 3.78. The van der Waals surface area contributed by atoms with E-state index < -0.39 is 0 Å². The molecule has 0 saturated carbocycles. The van der Waals surface area contributed by atoms with Crippen molar-refractivity contribution in [3.8, 4) is 0 Å². The molecule has 0 unspecified atom stereocenters. The number of benzene rings is 1. The molecule has 0 N–H and O–H groups in total. The smallest absolute Gasteiger partial charge is 0.226 e. The van der Waals surface area contributed by atoms with Crippen LogP contribution < -0.4 is 0 Å². The van der Waals surface area contributed by atoms with E-state index in [1.54, 1.807) is 11.8 Å². The average molecular weight is 358 g/mol. The van der Waals surface area contributed by atoms with Gasteiger partial charge in [-0.1, -0.05) is 23.8 Å². The summed E-state index contributed by atoms with van der Waals surface area (Å²) in [6.45, 7) is 1.37. The van der Waals surface area contributed by atoms with Crippen LogP contribution >= 0.6 is 11.8 Å². The lowest BCUT2D eigenvalue weighted by Gasteiger charge is -2.32. The number of thioether (sulfide) groups is 1. The average Bonchev–Trinajstić information content (AvgIpc) is 2.68. The van der Waals surface area contributed by atoms with Crippen LogP contribution in [-0.2, 0) is 4.79 Å². The molecule has 1 aliphatic heterocycles. The predicted octanol–water partition coefficient (Wildman–Crippen LogP) is 4.72. The molecule has 0 aromatic heterocycles. The molecule has 134 valence electrons. The molecule has 0 bridgehead atoms. The highest BCUT2D eigenvalue weighted by molar-refractivity contribution is 7.98. The number of amides is 1. The third kappa shape index (κ3) is 4.75. The summed E-state index contributed by atoms with van der Waals surface area (Å²) < 4.78 is 0. The van der Waals surface area contributed by atoms with Crippen LogP contribution in [0.5, 0.6) is 0 Å². The zero-order valence-corrected chi connectivity index (χ0v) is 15.8. The third-order valence-corrected chi connectivity index (χ3v) is 6.03. The molecule has 3 nitrogen and oxygen atoms in total. The Morgan fingerprint density at radius 1 is 1.16 bits per heavy atom. The van der Waals surface area contributed by atoms with E-state index in [4.69, 9.17) is 0 Å². The van der Waals surface area contributed by atoms with E-state index in [1.165, 1.54) is 18.4 Å². The Kier molecular flexibility index (Phi) is 6.35. The molecule has 1 amide bonds. The van der Waals surface area contributed by atoms with Gasteiger partial charge in [0.15, 0.2) is 5.78 Å². The van der Waals surface area contributed by atoms with E-state index in [-0.39, 0.29) is 17.6 Å². The van der Waals surface area contributed by atoms with Crippen molar-refractivity contribution in [2.75, 3.05) is 19.3 Å². The summed E-state index contributed by atoms with van der Waals surface area (Å²) in [5, 5.41) is 0. The van der Waals surface area contributed by atoms with Gasteiger partial charge in [0, 0.05) is 35.9 Å². The van der Waals surface area contributed by atoms with E-state index in [0.29, 0.717) is 13.0 Å². The fourth-order valence-corrected chi connectivity index (χ4v) is 4.19. The zero-order valence-electron chi connectivity index (χ0n) is 15.0. The van der Waals surface area contributed by atoms with Crippen LogP contribution in [-0.4, -0.2) is 35.9 Å². The summed E-state index contributed by atoms with van der Waals surface area (Å²) in [4.78, 5) is 28.5. The van der Waals surface area contributed by atoms with E-state index in [2.05, 4.69) is 6.08 Å². The van der Waals surface area contributed by atoms with Crippen LogP contribution in [0.15, 0.2) is 40.8 Å². The Bertz CT molecular complexity index is 650. The van der Waals surface area contributed by atoms with Crippen LogP contribution in [0.2, 0.25) is 0 Å². The van der Waals surface area contributed by atoms with Gasteiger partial charge in [0.05, 0.1) is 0 Å². The summed E-state index contributed by atoms with van der Waals surface area (Å²) in [6.07, 6.45) is 11.2. The lowest BCUT2D eigenvalue weighted by molar-refractivity contribution is -0.131. The third-order valence-electron chi connectivity index (χ3n) is 5.28. The van der Waals surface area contributed by atoms with Crippen molar-refractivity contribution >= 4 is 23.5 Å². The highest BCUT2D eigenvalue weighted by Gasteiger charge is 2.29. The summed E-state index contributed by atoms with van der Waals surface area (Å²) in [5.41, 5.74) is 2.06. The number of hydrogen-bond donors (Lipinski definition) is 0. The van der Waals surface area contributed by atoms with Crippen molar-refractivity contribution in [1.82, 2.24) is 4.90 Å². The van der Waals surface area contributed by atoms with Crippen LogP contribution in [0.25, 0.3) is 0 Å². The van der Waals surface area contributed by atoms with Gasteiger partial charge in [0.2, 0.25) is 5.91 Å². The number of piperidine rings is 1. The molecular formula is C21H27NO2S. The maximum absolute atomic E-state index is 12.8. The Morgan fingerprint density at radius 3 is 2.64 bits per heavy atom. The molecular weight excluding hydrogens is 330 g/mol. The van der Waals surface area contributed by atoms with Crippen molar-refractivity contribution in [2.24, 2.45) is 5.92 Å². The van der Waals surface area contributed by atoms with Crippen LogP contribution in [0.3, 0.4) is 0 Å². The van der Waals surface area contributed by atoms with Crippen molar-refractivity contribution in [3.63, 3.8) is 0 Å². The number of ketones is 1. The van der Waals surface area contributed by atoms with Crippen molar-refractivity contribution in [2.45, 2.75) is 49.8 Å². The van der Waals surface area contributed by atoms with E-state index in [1.807, 2.05) is 35.4 Å². The molecule has 2 aliphatic rings. The zero-order chi connectivity index (χ0) is 17.6. The minimum absolute atomic E-state index is 0.0573. The topological polar surface area (TPSA) is 37.4 Å². The van der Waals surface area contributed by atoms with Gasteiger partial charge in [-0.2, -0.15) is 0 Å². The maximum Gasteiger partial charge on any atom is 0.226 e. The van der Waals surface area contributed by atoms with Crippen LogP contribution in [0, 0.1) is 5.92 Å². The Hall–Kier alpha value is -1.55. The lowest BCUT2D eigenvalue weighted by Crippen LogP contribution is -2.42. The van der Waals surface area contributed by atoms with Gasteiger partial charge in [-0.15, -0.1) is 11.8 Å². The van der Waals surface area contributed by atoms with Crippen molar-refractivity contribution in [3.05, 3.63) is 41.5 Å². The number of Topliss-reactive ketones (excluding diaryl/α,β-unsaturated/α-hetero) is 1.